The maximum absolute atomic E-state index is 11.2. The number of carbonyl (C=O) groups is 1. The number of carbonyl (C=O) groups excluding carboxylic acids is 1. The fourth-order valence-corrected chi connectivity index (χ4v) is 1.41. The van der Waals surface area contributed by atoms with E-state index in [-0.39, 0.29) is 11.9 Å². The summed E-state index contributed by atoms with van der Waals surface area (Å²) >= 11 is 0. The predicted molar refractivity (Wildman–Crippen MR) is 58.1 cm³/mol. The summed E-state index contributed by atoms with van der Waals surface area (Å²) in [6.45, 7) is 2.04. The van der Waals surface area contributed by atoms with Crippen molar-refractivity contribution in [3.63, 3.8) is 0 Å². The SMILES string of the molecule is COCC(OC)c1cccc(C(C)=O)c1. The van der Waals surface area contributed by atoms with Gasteiger partial charge in [-0.05, 0) is 18.6 Å². The van der Waals surface area contributed by atoms with Crippen LogP contribution in [-0.4, -0.2) is 26.6 Å². The molecule has 0 fully saturated rings. The molecule has 0 aliphatic carbocycles. The largest absolute Gasteiger partial charge is 0.382 e. The van der Waals surface area contributed by atoms with Gasteiger partial charge in [-0.2, -0.15) is 0 Å². The molecule has 1 atom stereocenters. The Bertz CT molecular complexity index is 333. The van der Waals surface area contributed by atoms with Crippen LogP contribution in [0.2, 0.25) is 0 Å². The van der Waals surface area contributed by atoms with E-state index >= 15 is 0 Å². The number of rotatable bonds is 5. The molecule has 15 heavy (non-hydrogen) atoms. The number of Topliss-reactive ketones (excluding diaryl/α,β-unsaturated/α-hetero) is 1. The topological polar surface area (TPSA) is 35.5 Å². The average molecular weight is 208 g/mol. The van der Waals surface area contributed by atoms with Gasteiger partial charge in [-0.1, -0.05) is 18.2 Å². The number of ether oxygens (including phenoxy) is 2. The van der Waals surface area contributed by atoms with Crippen LogP contribution in [0, 0.1) is 0 Å². The van der Waals surface area contributed by atoms with E-state index in [4.69, 9.17) is 9.47 Å². The quantitative estimate of drug-likeness (QED) is 0.696. The summed E-state index contributed by atoms with van der Waals surface area (Å²) < 4.78 is 10.3. The Morgan fingerprint density at radius 1 is 1.40 bits per heavy atom. The molecule has 0 saturated heterocycles. The maximum Gasteiger partial charge on any atom is 0.159 e. The molecule has 0 radical (unpaired) electrons. The van der Waals surface area contributed by atoms with Gasteiger partial charge in [0.1, 0.15) is 6.10 Å². The molecule has 0 amide bonds. The van der Waals surface area contributed by atoms with Gasteiger partial charge in [0.05, 0.1) is 6.61 Å². The van der Waals surface area contributed by atoms with Crippen LogP contribution in [-0.2, 0) is 9.47 Å². The van der Waals surface area contributed by atoms with Gasteiger partial charge in [0.2, 0.25) is 0 Å². The molecular formula is C12H16O3. The molecule has 3 nitrogen and oxygen atoms in total. The van der Waals surface area contributed by atoms with Crippen molar-refractivity contribution in [3.05, 3.63) is 35.4 Å². The lowest BCUT2D eigenvalue weighted by Crippen LogP contribution is -2.09. The highest BCUT2D eigenvalue weighted by molar-refractivity contribution is 5.94. The van der Waals surface area contributed by atoms with Crippen LogP contribution in [0.25, 0.3) is 0 Å². The first-order chi connectivity index (χ1) is 7.19. The number of ketones is 1. The summed E-state index contributed by atoms with van der Waals surface area (Å²) in [4.78, 5) is 11.2. The number of hydrogen-bond donors (Lipinski definition) is 0. The van der Waals surface area contributed by atoms with Gasteiger partial charge in [-0.25, -0.2) is 0 Å². The van der Waals surface area contributed by atoms with Gasteiger partial charge in [-0.15, -0.1) is 0 Å². The Morgan fingerprint density at radius 3 is 2.67 bits per heavy atom. The molecule has 1 aromatic rings. The Labute approximate surface area is 90.0 Å². The molecule has 0 aliphatic heterocycles. The van der Waals surface area contributed by atoms with Gasteiger partial charge in [-0.3, -0.25) is 4.79 Å². The first kappa shape index (κ1) is 11.9. The van der Waals surface area contributed by atoms with Gasteiger partial charge in [0.15, 0.2) is 5.78 Å². The third-order valence-corrected chi connectivity index (χ3v) is 2.27. The molecule has 0 aliphatic rings. The molecule has 0 heterocycles. The lowest BCUT2D eigenvalue weighted by Gasteiger charge is -2.15. The highest BCUT2D eigenvalue weighted by Crippen LogP contribution is 2.18. The maximum atomic E-state index is 11.2. The fourth-order valence-electron chi connectivity index (χ4n) is 1.41. The summed E-state index contributed by atoms with van der Waals surface area (Å²) in [6, 6.07) is 7.42. The van der Waals surface area contributed by atoms with Crippen LogP contribution in [0.4, 0.5) is 0 Å². The second kappa shape index (κ2) is 5.63. The van der Waals surface area contributed by atoms with E-state index in [1.165, 1.54) is 0 Å². The van der Waals surface area contributed by atoms with E-state index < -0.39 is 0 Å². The molecule has 0 spiro atoms. The third-order valence-electron chi connectivity index (χ3n) is 2.27. The molecule has 0 aromatic heterocycles. The lowest BCUT2D eigenvalue weighted by molar-refractivity contribution is 0.0274. The normalized spacial score (nSPS) is 12.5. The zero-order chi connectivity index (χ0) is 11.3. The van der Waals surface area contributed by atoms with Crippen LogP contribution in [0.3, 0.4) is 0 Å². The molecule has 3 heteroatoms. The van der Waals surface area contributed by atoms with Crippen molar-refractivity contribution in [2.45, 2.75) is 13.0 Å². The summed E-state index contributed by atoms with van der Waals surface area (Å²) in [6.07, 6.45) is -0.116. The Morgan fingerprint density at radius 2 is 2.13 bits per heavy atom. The summed E-state index contributed by atoms with van der Waals surface area (Å²) in [7, 11) is 3.25. The number of benzene rings is 1. The smallest absolute Gasteiger partial charge is 0.159 e. The van der Waals surface area contributed by atoms with E-state index in [0.29, 0.717) is 12.2 Å². The van der Waals surface area contributed by atoms with Crippen LogP contribution < -0.4 is 0 Å². The first-order valence-corrected chi connectivity index (χ1v) is 4.81. The second-order valence-corrected chi connectivity index (χ2v) is 3.36. The Balaban J connectivity index is 2.92. The summed E-state index contributed by atoms with van der Waals surface area (Å²) in [5.74, 6) is 0.0594. The highest BCUT2D eigenvalue weighted by atomic mass is 16.5. The summed E-state index contributed by atoms with van der Waals surface area (Å²) in [5.41, 5.74) is 1.66. The van der Waals surface area contributed by atoms with Gasteiger partial charge >= 0.3 is 0 Å². The minimum atomic E-state index is -0.116. The van der Waals surface area contributed by atoms with Crippen LogP contribution in [0.1, 0.15) is 28.9 Å². The Hall–Kier alpha value is -1.19. The van der Waals surface area contributed by atoms with E-state index in [1.54, 1.807) is 27.2 Å². The minimum Gasteiger partial charge on any atom is -0.382 e. The molecular weight excluding hydrogens is 192 g/mol. The van der Waals surface area contributed by atoms with Crippen molar-refractivity contribution in [2.24, 2.45) is 0 Å². The average Bonchev–Trinajstić information content (AvgIpc) is 2.26. The molecule has 0 saturated carbocycles. The molecule has 0 bridgehead atoms. The number of methoxy groups -OCH3 is 2. The van der Waals surface area contributed by atoms with Crippen molar-refractivity contribution in [2.75, 3.05) is 20.8 Å². The van der Waals surface area contributed by atoms with E-state index in [2.05, 4.69) is 0 Å². The van der Waals surface area contributed by atoms with Gasteiger partial charge in [0, 0.05) is 19.8 Å². The first-order valence-electron chi connectivity index (χ1n) is 4.81. The van der Waals surface area contributed by atoms with E-state index in [9.17, 15) is 4.79 Å². The number of hydrogen-bond acceptors (Lipinski definition) is 3. The fraction of sp³-hybridized carbons (Fsp3) is 0.417. The van der Waals surface area contributed by atoms with Crippen LogP contribution in [0.5, 0.6) is 0 Å². The molecule has 1 rings (SSSR count). The van der Waals surface area contributed by atoms with Crippen molar-refractivity contribution in [1.29, 1.82) is 0 Å². The van der Waals surface area contributed by atoms with E-state index in [1.807, 2.05) is 18.2 Å². The monoisotopic (exact) mass is 208 g/mol. The van der Waals surface area contributed by atoms with Crippen LogP contribution >= 0.6 is 0 Å². The minimum absolute atomic E-state index is 0.0594. The molecule has 1 aromatic carbocycles. The molecule has 1 unspecified atom stereocenters. The molecule has 82 valence electrons. The standard InChI is InChI=1S/C12H16O3/c1-9(13)10-5-4-6-11(7-10)12(15-3)8-14-2/h4-7,12H,8H2,1-3H3. The van der Waals surface area contributed by atoms with Crippen molar-refractivity contribution >= 4 is 5.78 Å². The van der Waals surface area contributed by atoms with Gasteiger partial charge < -0.3 is 9.47 Å². The molecule has 0 N–H and O–H groups in total. The zero-order valence-electron chi connectivity index (χ0n) is 9.32. The van der Waals surface area contributed by atoms with Crippen molar-refractivity contribution < 1.29 is 14.3 Å². The predicted octanol–water partition coefficient (Wildman–Crippen LogP) is 2.22. The lowest BCUT2D eigenvalue weighted by atomic mass is 10.0. The van der Waals surface area contributed by atoms with Crippen LogP contribution in [0.15, 0.2) is 24.3 Å². The Kier molecular flexibility index (Phi) is 4.46. The second-order valence-electron chi connectivity index (χ2n) is 3.36. The van der Waals surface area contributed by atoms with Gasteiger partial charge in [0.25, 0.3) is 0 Å². The summed E-state index contributed by atoms with van der Waals surface area (Å²) in [5, 5.41) is 0. The third kappa shape index (κ3) is 3.15. The van der Waals surface area contributed by atoms with E-state index in [0.717, 1.165) is 5.56 Å². The zero-order valence-corrected chi connectivity index (χ0v) is 9.32. The van der Waals surface area contributed by atoms with Crippen molar-refractivity contribution in [1.82, 2.24) is 0 Å². The highest BCUT2D eigenvalue weighted by Gasteiger charge is 2.11. The van der Waals surface area contributed by atoms with Crippen molar-refractivity contribution in [3.8, 4) is 0 Å².